The van der Waals surface area contributed by atoms with E-state index in [4.69, 9.17) is 9.47 Å². The monoisotopic (exact) mass is 440 g/mol. The minimum atomic E-state index is -1.18. The van der Waals surface area contributed by atoms with E-state index in [1.165, 1.54) is 11.3 Å². The van der Waals surface area contributed by atoms with E-state index in [-0.39, 0.29) is 17.4 Å². The van der Waals surface area contributed by atoms with Crippen molar-refractivity contribution in [3.63, 3.8) is 0 Å². The van der Waals surface area contributed by atoms with Gasteiger partial charge >= 0.3 is 0 Å². The highest BCUT2D eigenvalue weighted by atomic mass is 16.6. The minimum absolute atomic E-state index is 0.0580. The summed E-state index contributed by atoms with van der Waals surface area (Å²) >= 11 is 0. The first kappa shape index (κ1) is 19.9. The van der Waals surface area contributed by atoms with Gasteiger partial charge in [-0.1, -0.05) is 54.6 Å². The second-order valence-corrected chi connectivity index (χ2v) is 8.94. The zero-order valence-corrected chi connectivity index (χ0v) is 18.4. The molecule has 33 heavy (non-hydrogen) atoms. The molecule has 0 radical (unpaired) electrons. The summed E-state index contributed by atoms with van der Waals surface area (Å²) in [6.07, 6.45) is 1.08. The lowest BCUT2D eigenvalue weighted by Crippen LogP contribution is -2.54. The molecule has 166 valence electrons. The summed E-state index contributed by atoms with van der Waals surface area (Å²) in [6.45, 7) is 0.795. The van der Waals surface area contributed by atoms with Gasteiger partial charge in [0.2, 0.25) is 0 Å². The van der Waals surface area contributed by atoms with E-state index in [0.29, 0.717) is 24.3 Å². The quantitative estimate of drug-likeness (QED) is 0.324. The summed E-state index contributed by atoms with van der Waals surface area (Å²) in [4.78, 5) is 12.5. The van der Waals surface area contributed by atoms with Gasteiger partial charge in [-0.15, -0.1) is 0 Å². The number of fused-ring (bicyclic) bond motifs is 7. The fraction of sp³-hybridized carbons (Fsp3) is 0.259. The number of nitrogens with zero attached hydrogens (tertiary/aromatic N) is 2. The van der Waals surface area contributed by atoms with Gasteiger partial charge in [0.15, 0.2) is 6.61 Å². The molecular weight excluding hydrogens is 416 g/mol. The van der Waals surface area contributed by atoms with Crippen LogP contribution in [0.3, 0.4) is 0 Å². The van der Waals surface area contributed by atoms with Crippen LogP contribution in [0.5, 0.6) is 11.5 Å². The third kappa shape index (κ3) is 2.86. The molecule has 6 nitrogen and oxygen atoms in total. The minimum Gasteiger partial charge on any atom is -0.497 e. The SMILES string of the molecule is COc1ccc2c(c1)OC[C@]1([N+](=O)[O-])CCc3c(c4ccccc4n3Cc3ccccc3)[C@H]21. The van der Waals surface area contributed by atoms with E-state index in [2.05, 4.69) is 28.8 Å². The Hall–Kier alpha value is -3.80. The predicted octanol–water partition coefficient (Wildman–Crippen LogP) is 5.18. The molecule has 3 aromatic carbocycles. The maximum atomic E-state index is 12.6. The molecule has 2 aliphatic rings. The van der Waals surface area contributed by atoms with Crippen molar-refractivity contribution >= 4 is 10.9 Å². The topological polar surface area (TPSA) is 66.5 Å². The van der Waals surface area contributed by atoms with Gasteiger partial charge in [0, 0.05) is 46.1 Å². The van der Waals surface area contributed by atoms with Gasteiger partial charge in [0.1, 0.15) is 11.5 Å². The van der Waals surface area contributed by atoms with Crippen LogP contribution in [0.2, 0.25) is 0 Å². The Balaban J connectivity index is 1.62. The lowest BCUT2D eigenvalue weighted by atomic mass is 9.67. The Morgan fingerprint density at radius 2 is 1.91 bits per heavy atom. The largest absolute Gasteiger partial charge is 0.497 e. The normalized spacial score (nSPS) is 20.9. The molecule has 4 aromatic rings. The molecule has 0 fully saturated rings. The van der Waals surface area contributed by atoms with Crippen molar-refractivity contribution in [2.75, 3.05) is 13.7 Å². The number of para-hydroxylation sites is 1. The summed E-state index contributed by atoms with van der Waals surface area (Å²) in [5.41, 5.74) is 4.26. The maximum Gasteiger partial charge on any atom is 0.266 e. The highest BCUT2D eigenvalue weighted by Gasteiger charge is 2.59. The van der Waals surface area contributed by atoms with E-state index in [0.717, 1.165) is 28.6 Å². The van der Waals surface area contributed by atoms with Crippen molar-refractivity contribution in [3.8, 4) is 11.5 Å². The van der Waals surface area contributed by atoms with Crippen LogP contribution in [0.25, 0.3) is 10.9 Å². The van der Waals surface area contributed by atoms with Crippen LogP contribution in [0.15, 0.2) is 72.8 Å². The van der Waals surface area contributed by atoms with Gasteiger partial charge in [0.05, 0.1) is 13.0 Å². The molecule has 1 aliphatic heterocycles. The molecule has 0 unspecified atom stereocenters. The van der Waals surface area contributed by atoms with Gasteiger partial charge in [-0.05, 0) is 29.7 Å². The van der Waals surface area contributed by atoms with Crippen LogP contribution in [-0.2, 0) is 13.0 Å². The molecule has 0 amide bonds. The number of rotatable bonds is 4. The van der Waals surface area contributed by atoms with Crippen LogP contribution >= 0.6 is 0 Å². The number of aromatic nitrogens is 1. The summed E-state index contributed by atoms with van der Waals surface area (Å²) in [5.74, 6) is 0.974. The maximum absolute atomic E-state index is 12.6. The van der Waals surface area contributed by atoms with Gasteiger partial charge in [-0.2, -0.15) is 0 Å². The van der Waals surface area contributed by atoms with Gasteiger partial charge in [0.25, 0.3) is 5.54 Å². The molecule has 2 atom stereocenters. The van der Waals surface area contributed by atoms with Gasteiger partial charge < -0.3 is 14.0 Å². The molecule has 0 saturated carbocycles. The Morgan fingerprint density at radius 1 is 1.12 bits per heavy atom. The molecule has 2 heterocycles. The van der Waals surface area contributed by atoms with Crippen LogP contribution < -0.4 is 9.47 Å². The van der Waals surface area contributed by atoms with E-state index in [1.54, 1.807) is 7.11 Å². The highest BCUT2D eigenvalue weighted by molar-refractivity contribution is 5.88. The van der Waals surface area contributed by atoms with E-state index >= 15 is 0 Å². The average molecular weight is 440 g/mol. The number of benzene rings is 3. The number of hydrogen-bond donors (Lipinski definition) is 0. The molecule has 1 aromatic heterocycles. The van der Waals surface area contributed by atoms with Crippen molar-refractivity contribution < 1.29 is 14.4 Å². The molecule has 0 saturated heterocycles. The van der Waals surface area contributed by atoms with Crippen molar-refractivity contribution in [2.24, 2.45) is 0 Å². The first-order chi connectivity index (χ1) is 16.1. The highest BCUT2D eigenvalue weighted by Crippen LogP contribution is 2.54. The van der Waals surface area contributed by atoms with Crippen LogP contribution in [0.4, 0.5) is 0 Å². The van der Waals surface area contributed by atoms with Crippen molar-refractivity contribution in [1.82, 2.24) is 4.57 Å². The molecule has 0 spiro atoms. The van der Waals surface area contributed by atoms with Crippen molar-refractivity contribution in [2.45, 2.75) is 30.8 Å². The zero-order chi connectivity index (χ0) is 22.6. The zero-order valence-electron chi connectivity index (χ0n) is 18.4. The number of nitro groups is 1. The molecule has 6 rings (SSSR count). The van der Waals surface area contributed by atoms with Gasteiger partial charge in [-0.25, -0.2) is 0 Å². The fourth-order valence-electron chi connectivity index (χ4n) is 5.73. The number of methoxy groups -OCH3 is 1. The van der Waals surface area contributed by atoms with Crippen molar-refractivity contribution in [3.05, 3.63) is 105 Å². The predicted molar refractivity (Wildman–Crippen MR) is 126 cm³/mol. The third-order valence-corrected chi connectivity index (χ3v) is 7.30. The number of ether oxygens (including phenoxy) is 2. The Labute approximate surface area is 191 Å². The Kier molecular flexibility index (Phi) is 4.43. The Bertz CT molecular complexity index is 1380. The van der Waals surface area contributed by atoms with Crippen molar-refractivity contribution in [1.29, 1.82) is 0 Å². The first-order valence-electron chi connectivity index (χ1n) is 11.2. The summed E-state index contributed by atoms with van der Waals surface area (Å²) < 4.78 is 13.7. The van der Waals surface area contributed by atoms with E-state index < -0.39 is 5.54 Å². The molecule has 0 N–H and O–H groups in total. The summed E-state index contributed by atoms with van der Waals surface area (Å²) in [5, 5.41) is 13.7. The second kappa shape index (κ2) is 7.37. The van der Waals surface area contributed by atoms with Crippen LogP contribution in [-0.4, -0.2) is 28.7 Å². The Morgan fingerprint density at radius 3 is 2.70 bits per heavy atom. The third-order valence-electron chi connectivity index (χ3n) is 7.30. The van der Waals surface area contributed by atoms with Gasteiger partial charge in [-0.3, -0.25) is 10.1 Å². The molecule has 6 heteroatoms. The fourth-order valence-corrected chi connectivity index (χ4v) is 5.73. The summed E-state index contributed by atoms with van der Waals surface area (Å²) in [6, 6.07) is 24.3. The smallest absolute Gasteiger partial charge is 0.266 e. The average Bonchev–Trinajstić information content (AvgIpc) is 3.17. The molecule has 0 bridgehead atoms. The lowest BCUT2D eigenvalue weighted by molar-refractivity contribution is -0.579. The summed E-state index contributed by atoms with van der Waals surface area (Å²) in [7, 11) is 1.61. The molecular formula is C27H24N2O4. The number of hydrogen-bond acceptors (Lipinski definition) is 4. The van der Waals surface area contributed by atoms with E-state index in [9.17, 15) is 10.1 Å². The second-order valence-electron chi connectivity index (χ2n) is 8.94. The van der Waals surface area contributed by atoms with E-state index in [1.807, 2.05) is 48.5 Å². The van der Waals surface area contributed by atoms with Crippen LogP contribution in [0.1, 0.15) is 34.7 Å². The first-order valence-corrected chi connectivity index (χ1v) is 11.2. The van der Waals surface area contributed by atoms with Crippen LogP contribution in [0, 0.1) is 10.1 Å². The lowest BCUT2D eigenvalue weighted by Gasteiger charge is -2.41. The molecule has 1 aliphatic carbocycles. The standard InChI is InChI=1S/C27H24N2O4/c1-32-19-11-12-21-24(15-19)33-17-27(29(30)31)14-13-23-25(26(21)27)20-9-5-6-10-22(20)28(23)16-18-7-3-2-4-8-18/h2-12,15,26H,13-14,16-17H2,1H3/t26-,27+/m0/s1.